The fourth-order valence-corrected chi connectivity index (χ4v) is 1.78. The average molecular weight is 218 g/mol. The third-order valence-corrected chi connectivity index (χ3v) is 2.73. The number of rotatable bonds is 2. The van der Waals surface area contributed by atoms with Crippen molar-refractivity contribution >= 4 is 11.6 Å². The van der Waals surface area contributed by atoms with E-state index in [9.17, 15) is 0 Å². The van der Waals surface area contributed by atoms with Gasteiger partial charge in [-0.2, -0.15) is 0 Å². The summed E-state index contributed by atoms with van der Waals surface area (Å²) in [6.07, 6.45) is 0. The smallest absolute Gasteiger partial charge is 0.0457 e. The molecule has 0 spiro atoms. The topological polar surface area (TPSA) is 26.0 Å². The molecule has 0 heterocycles. The lowest BCUT2D eigenvalue weighted by atomic mass is 10.0. The van der Waals surface area contributed by atoms with Gasteiger partial charge >= 0.3 is 0 Å². The zero-order chi connectivity index (χ0) is 10.7. The van der Waals surface area contributed by atoms with Gasteiger partial charge in [-0.1, -0.05) is 54.1 Å². The maximum absolute atomic E-state index is 6.10. The third-order valence-electron chi connectivity index (χ3n) is 2.38. The summed E-state index contributed by atoms with van der Waals surface area (Å²) in [5, 5.41) is 0.735. The summed E-state index contributed by atoms with van der Waals surface area (Å²) < 4.78 is 0. The SMILES string of the molecule is NCc1ccc(-c2ccccc2)cc1Cl. The predicted molar refractivity (Wildman–Crippen MR) is 64.8 cm³/mol. The van der Waals surface area contributed by atoms with E-state index in [0.29, 0.717) is 6.54 Å². The van der Waals surface area contributed by atoms with Crippen molar-refractivity contribution in [3.05, 3.63) is 59.1 Å². The number of halogens is 1. The van der Waals surface area contributed by atoms with Gasteiger partial charge in [-0.25, -0.2) is 0 Å². The number of nitrogens with two attached hydrogens (primary N) is 1. The Bertz CT molecular complexity index is 451. The molecule has 76 valence electrons. The Hall–Kier alpha value is -1.31. The van der Waals surface area contributed by atoms with Gasteiger partial charge < -0.3 is 5.73 Å². The molecule has 0 saturated carbocycles. The van der Waals surface area contributed by atoms with E-state index in [1.165, 1.54) is 5.56 Å². The van der Waals surface area contributed by atoms with E-state index in [2.05, 4.69) is 12.1 Å². The summed E-state index contributed by atoms with van der Waals surface area (Å²) in [5.41, 5.74) is 8.83. The molecule has 0 saturated heterocycles. The maximum atomic E-state index is 6.10. The molecule has 0 amide bonds. The minimum absolute atomic E-state index is 0.480. The molecule has 2 heteroatoms. The molecule has 0 radical (unpaired) electrons. The van der Waals surface area contributed by atoms with Crippen LogP contribution in [0.4, 0.5) is 0 Å². The quantitative estimate of drug-likeness (QED) is 0.819. The van der Waals surface area contributed by atoms with Crippen molar-refractivity contribution in [1.82, 2.24) is 0 Å². The van der Waals surface area contributed by atoms with Crippen molar-refractivity contribution < 1.29 is 0 Å². The largest absolute Gasteiger partial charge is 0.326 e. The fourth-order valence-electron chi connectivity index (χ4n) is 1.52. The first-order chi connectivity index (χ1) is 7.31. The highest BCUT2D eigenvalue weighted by Crippen LogP contribution is 2.25. The molecule has 0 fully saturated rings. The van der Waals surface area contributed by atoms with Crippen LogP contribution in [0.2, 0.25) is 5.02 Å². The molecule has 0 unspecified atom stereocenters. The molecular formula is C13H12ClN. The molecule has 0 aliphatic heterocycles. The summed E-state index contributed by atoms with van der Waals surface area (Å²) in [7, 11) is 0. The Morgan fingerprint density at radius 2 is 1.67 bits per heavy atom. The Morgan fingerprint density at radius 3 is 2.27 bits per heavy atom. The second kappa shape index (κ2) is 4.47. The van der Waals surface area contributed by atoms with Crippen LogP contribution in [0.5, 0.6) is 0 Å². The van der Waals surface area contributed by atoms with Crippen LogP contribution in [0.1, 0.15) is 5.56 Å². The van der Waals surface area contributed by atoms with Crippen LogP contribution in [0.15, 0.2) is 48.5 Å². The molecule has 2 rings (SSSR count). The van der Waals surface area contributed by atoms with E-state index >= 15 is 0 Å². The van der Waals surface area contributed by atoms with Crippen LogP contribution in [-0.2, 0) is 6.54 Å². The number of benzene rings is 2. The van der Waals surface area contributed by atoms with Crippen LogP contribution in [0, 0.1) is 0 Å². The van der Waals surface area contributed by atoms with Gasteiger partial charge in [0, 0.05) is 11.6 Å². The molecule has 0 aromatic heterocycles. The van der Waals surface area contributed by atoms with Crippen molar-refractivity contribution in [2.75, 3.05) is 0 Å². The minimum Gasteiger partial charge on any atom is -0.326 e. The third kappa shape index (κ3) is 2.20. The van der Waals surface area contributed by atoms with E-state index in [4.69, 9.17) is 17.3 Å². The standard InChI is InChI=1S/C13H12ClN/c14-13-8-11(6-7-12(13)9-15)10-4-2-1-3-5-10/h1-8H,9,15H2. The minimum atomic E-state index is 0.480. The highest BCUT2D eigenvalue weighted by molar-refractivity contribution is 6.31. The molecule has 2 aromatic rings. The van der Waals surface area contributed by atoms with Crippen molar-refractivity contribution in [3.8, 4) is 11.1 Å². The van der Waals surface area contributed by atoms with E-state index in [1.807, 2.05) is 36.4 Å². The second-order valence-corrected chi connectivity index (χ2v) is 3.78. The van der Waals surface area contributed by atoms with Crippen molar-refractivity contribution in [3.63, 3.8) is 0 Å². The highest BCUT2D eigenvalue weighted by Gasteiger charge is 2.01. The number of hydrogen-bond acceptors (Lipinski definition) is 1. The van der Waals surface area contributed by atoms with Crippen LogP contribution in [0.25, 0.3) is 11.1 Å². The van der Waals surface area contributed by atoms with Gasteiger partial charge in [0.15, 0.2) is 0 Å². The molecule has 2 N–H and O–H groups in total. The zero-order valence-electron chi connectivity index (χ0n) is 8.28. The zero-order valence-corrected chi connectivity index (χ0v) is 9.04. The van der Waals surface area contributed by atoms with E-state index in [-0.39, 0.29) is 0 Å². The van der Waals surface area contributed by atoms with Gasteiger partial charge in [-0.3, -0.25) is 0 Å². The highest BCUT2D eigenvalue weighted by atomic mass is 35.5. The summed E-state index contributed by atoms with van der Waals surface area (Å²) in [6.45, 7) is 0.480. The second-order valence-electron chi connectivity index (χ2n) is 3.38. The first kappa shape index (κ1) is 10.2. The summed E-state index contributed by atoms with van der Waals surface area (Å²) in [6, 6.07) is 16.1. The first-order valence-corrected chi connectivity index (χ1v) is 5.23. The average Bonchev–Trinajstić information content (AvgIpc) is 2.30. The van der Waals surface area contributed by atoms with Gasteiger partial charge in [0.1, 0.15) is 0 Å². The summed E-state index contributed by atoms with van der Waals surface area (Å²) in [5.74, 6) is 0. The lowest BCUT2D eigenvalue weighted by molar-refractivity contribution is 1.07. The van der Waals surface area contributed by atoms with Crippen LogP contribution in [-0.4, -0.2) is 0 Å². The monoisotopic (exact) mass is 217 g/mol. The van der Waals surface area contributed by atoms with E-state index in [0.717, 1.165) is 16.1 Å². The van der Waals surface area contributed by atoms with Crippen LogP contribution in [0.3, 0.4) is 0 Å². The molecule has 0 aliphatic rings. The lowest BCUT2D eigenvalue weighted by Crippen LogP contribution is -1.96. The van der Waals surface area contributed by atoms with Crippen LogP contribution >= 0.6 is 11.6 Å². The molecule has 0 aliphatic carbocycles. The van der Waals surface area contributed by atoms with Gasteiger partial charge in [0.05, 0.1) is 0 Å². The van der Waals surface area contributed by atoms with Gasteiger partial charge in [-0.15, -0.1) is 0 Å². The Balaban J connectivity index is 2.43. The summed E-state index contributed by atoms with van der Waals surface area (Å²) >= 11 is 6.10. The van der Waals surface area contributed by atoms with E-state index < -0.39 is 0 Å². The molecule has 1 nitrogen and oxygen atoms in total. The fraction of sp³-hybridized carbons (Fsp3) is 0.0769. The Morgan fingerprint density at radius 1 is 0.933 bits per heavy atom. The van der Waals surface area contributed by atoms with Crippen molar-refractivity contribution in [2.45, 2.75) is 6.54 Å². The molecule has 0 atom stereocenters. The van der Waals surface area contributed by atoms with Crippen molar-refractivity contribution in [2.24, 2.45) is 5.73 Å². The summed E-state index contributed by atoms with van der Waals surface area (Å²) in [4.78, 5) is 0. The maximum Gasteiger partial charge on any atom is 0.0457 e. The Labute approximate surface area is 94.5 Å². The first-order valence-electron chi connectivity index (χ1n) is 4.85. The lowest BCUT2D eigenvalue weighted by Gasteiger charge is -2.05. The number of hydrogen-bond donors (Lipinski definition) is 1. The Kier molecular flexibility index (Phi) is 3.05. The van der Waals surface area contributed by atoms with Gasteiger partial charge in [0.2, 0.25) is 0 Å². The van der Waals surface area contributed by atoms with E-state index in [1.54, 1.807) is 0 Å². The normalized spacial score (nSPS) is 10.3. The van der Waals surface area contributed by atoms with Crippen molar-refractivity contribution in [1.29, 1.82) is 0 Å². The van der Waals surface area contributed by atoms with Gasteiger partial charge in [-0.05, 0) is 22.8 Å². The van der Waals surface area contributed by atoms with Gasteiger partial charge in [0.25, 0.3) is 0 Å². The molecular weight excluding hydrogens is 206 g/mol. The van der Waals surface area contributed by atoms with Crippen LogP contribution < -0.4 is 5.73 Å². The molecule has 0 bridgehead atoms. The molecule has 2 aromatic carbocycles. The predicted octanol–water partition coefficient (Wildman–Crippen LogP) is 3.47. The molecule has 15 heavy (non-hydrogen) atoms.